The number of carbonyl (C=O) groups is 2. The van der Waals surface area contributed by atoms with Crippen LogP contribution in [0.1, 0.15) is 5.56 Å². The van der Waals surface area contributed by atoms with Crippen LogP contribution in [0.25, 0.3) is 27.8 Å². The number of nitrogens with one attached hydrogen (secondary N) is 1. The average molecular weight is 509 g/mol. The second-order valence-electron chi connectivity index (χ2n) is 9.18. The highest BCUT2D eigenvalue weighted by atomic mass is 16.4. The van der Waals surface area contributed by atoms with Crippen LogP contribution in [0.15, 0.2) is 97.2 Å². The molecule has 3 heterocycles. The fourth-order valence-corrected chi connectivity index (χ4v) is 4.87. The third-order valence-corrected chi connectivity index (χ3v) is 6.69. The average Bonchev–Trinajstić information content (AvgIpc) is 3.38. The Bertz CT molecular complexity index is 1550. The zero-order valence-corrected chi connectivity index (χ0v) is 20.8. The topological polar surface area (TPSA) is 102 Å². The van der Waals surface area contributed by atoms with E-state index in [9.17, 15) is 0 Å². The fourth-order valence-electron chi connectivity index (χ4n) is 4.87. The monoisotopic (exact) mass is 508 g/mol. The molecule has 0 unspecified atom stereocenters. The van der Waals surface area contributed by atoms with Gasteiger partial charge in [0.25, 0.3) is 0 Å². The van der Waals surface area contributed by atoms with Crippen LogP contribution in [-0.2, 0) is 16.1 Å². The molecule has 0 aliphatic carbocycles. The molecule has 0 saturated carbocycles. The molecule has 6 rings (SSSR count). The Morgan fingerprint density at radius 2 is 1.42 bits per heavy atom. The lowest BCUT2D eigenvalue weighted by atomic mass is 10.1. The molecule has 0 bridgehead atoms. The SMILES string of the molecule is O=C([O-])C(=O)O.c1ccc(-c2[nH+]c3ccccc3n3cc(CN4CCN(c5ccccc5)CC4)cc23)cc1. The molecule has 38 heavy (non-hydrogen) atoms. The van der Waals surface area contributed by atoms with Crippen molar-refractivity contribution in [2.24, 2.45) is 0 Å². The van der Waals surface area contributed by atoms with E-state index in [1.807, 2.05) is 0 Å². The molecule has 0 radical (unpaired) electrons. The quantitative estimate of drug-likeness (QED) is 0.375. The van der Waals surface area contributed by atoms with Gasteiger partial charge in [0.05, 0.1) is 0 Å². The molecule has 0 spiro atoms. The molecule has 2 aromatic heterocycles. The van der Waals surface area contributed by atoms with Crippen LogP contribution >= 0.6 is 0 Å². The highest BCUT2D eigenvalue weighted by Crippen LogP contribution is 2.26. The predicted molar refractivity (Wildman–Crippen MR) is 143 cm³/mol. The maximum Gasteiger partial charge on any atom is 0.351 e. The van der Waals surface area contributed by atoms with Crippen molar-refractivity contribution in [1.82, 2.24) is 9.30 Å². The molecule has 5 aromatic rings. The first-order valence-electron chi connectivity index (χ1n) is 12.5. The largest absolute Gasteiger partial charge is 0.539 e. The number of rotatable bonds is 4. The number of para-hydroxylation sites is 3. The standard InChI is InChI=1S/C28H26N4.C2H2O4/c1-3-9-23(10-4-1)28-27-19-22(21-32(27)26-14-8-7-13-25(26)29-28)20-30-15-17-31(18-16-30)24-11-5-2-6-12-24;3-1(4)2(5)6/h1-14,19,21H,15-18,20H2;(H,3,4)(H,5,6). The van der Waals surface area contributed by atoms with Crippen molar-refractivity contribution in [2.75, 3.05) is 31.1 Å². The van der Waals surface area contributed by atoms with Crippen LogP contribution in [-0.4, -0.2) is 52.5 Å². The van der Waals surface area contributed by atoms with Crippen molar-refractivity contribution in [3.63, 3.8) is 0 Å². The van der Waals surface area contributed by atoms with Gasteiger partial charge in [-0.15, -0.1) is 0 Å². The summed E-state index contributed by atoms with van der Waals surface area (Å²) < 4.78 is 2.35. The number of carboxylic acid groups (broad SMARTS) is 2. The number of aromatic nitrogens is 2. The number of aromatic amines is 1. The van der Waals surface area contributed by atoms with Crippen molar-refractivity contribution in [3.8, 4) is 11.3 Å². The summed E-state index contributed by atoms with van der Waals surface area (Å²) in [5, 5.41) is 16.3. The molecule has 3 aromatic carbocycles. The minimum Gasteiger partial charge on any atom is -0.539 e. The maximum absolute atomic E-state index is 9.04. The van der Waals surface area contributed by atoms with Crippen molar-refractivity contribution >= 4 is 34.2 Å². The van der Waals surface area contributed by atoms with Crippen LogP contribution in [0, 0.1) is 0 Å². The van der Waals surface area contributed by atoms with Gasteiger partial charge in [-0.3, -0.25) is 4.90 Å². The van der Waals surface area contributed by atoms with Crippen molar-refractivity contribution < 1.29 is 24.8 Å². The minimum atomic E-state index is -2.07. The van der Waals surface area contributed by atoms with E-state index in [1.54, 1.807) is 0 Å². The Labute approximate surface area is 220 Å². The summed E-state index contributed by atoms with van der Waals surface area (Å²) in [5.41, 5.74) is 8.66. The van der Waals surface area contributed by atoms with Gasteiger partial charge in [-0.1, -0.05) is 48.5 Å². The van der Waals surface area contributed by atoms with Crippen molar-refractivity contribution in [3.05, 3.63) is 103 Å². The van der Waals surface area contributed by atoms with E-state index in [4.69, 9.17) is 19.8 Å². The van der Waals surface area contributed by atoms with E-state index >= 15 is 0 Å². The molecule has 1 aliphatic rings. The molecule has 1 saturated heterocycles. The van der Waals surface area contributed by atoms with Gasteiger partial charge in [0.2, 0.25) is 11.2 Å². The van der Waals surface area contributed by atoms with Gasteiger partial charge in [0, 0.05) is 56.2 Å². The number of anilines is 1. The molecule has 1 fully saturated rings. The normalized spacial score (nSPS) is 13.7. The van der Waals surface area contributed by atoms with E-state index in [2.05, 4.69) is 116 Å². The molecule has 1 aliphatic heterocycles. The fraction of sp³-hybridized carbons (Fsp3) is 0.167. The smallest absolute Gasteiger partial charge is 0.351 e. The summed E-state index contributed by atoms with van der Waals surface area (Å²) in [5.74, 6) is -4.01. The molecule has 8 nitrogen and oxygen atoms in total. The third-order valence-electron chi connectivity index (χ3n) is 6.69. The van der Waals surface area contributed by atoms with Gasteiger partial charge in [-0.25, -0.2) is 9.78 Å². The lowest BCUT2D eigenvalue weighted by molar-refractivity contribution is -0.330. The van der Waals surface area contributed by atoms with E-state index in [0.29, 0.717) is 0 Å². The number of H-pyrrole nitrogens is 1. The first kappa shape index (κ1) is 25.0. The molecule has 0 atom stereocenters. The zero-order chi connectivity index (χ0) is 26.5. The molecule has 2 N–H and O–H groups in total. The molecule has 192 valence electrons. The number of aliphatic carboxylic acids is 2. The Kier molecular flexibility index (Phi) is 7.33. The number of piperazine rings is 1. The third kappa shape index (κ3) is 5.50. The zero-order valence-electron chi connectivity index (χ0n) is 20.8. The van der Waals surface area contributed by atoms with Gasteiger partial charge >= 0.3 is 5.97 Å². The van der Waals surface area contributed by atoms with E-state index in [0.717, 1.165) is 38.2 Å². The molecular formula is C30H28N4O4. The number of nitrogens with zero attached hydrogens (tertiary/aromatic N) is 3. The Morgan fingerprint density at radius 3 is 2.08 bits per heavy atom. The number of fused-ring (bicyclic) bond motifs is 3. The summed E-state index contributed by atoms with van der Waals surface area (Å²) in [7, 11) is 0. The van der Waals surface area contributed by atoms with Crippen molar-refractivity contribution in [1.29, 1.82) is 0 Å². The van der Waals surface area contributed by atoms with Crippen LogP contribution in [0.3, 0.4) is 0 Å². The van der Waals surface area contributed by atoms with Gasteiger partial charge in [-0.05, 0) is 42.0 Å². The van der Waals surface area contributed by atoms with E-state index in [1.165, 1.54) is 33.5 Å². The van der Waals surface area contributed by atoms with Gasteiger partial charge in [0.1, 0.15) is 11.0 Å². The lowest BCUT2D eigenvalue weighted by Gasteiger charge is -2.36. The number of carbonyl (C=O) groups excluding carboxylic acids is 1. The highest BCUT2D eigenvalue weighted by molar-refractivity contribution is 6.26. The molecular weight excluding hydrogens is 480 g/mol. The second-order valence-corrected chi connectivity index (χ2v) is 9.18. The minimum absolute atomic E-state index is 0.979. The number of hydrogen-bond acceptors (Lipinski definition) is 5. The predicted octanol–water partition coefficient (Wildman–Crippen LogP) is 2.72. The van der Waals surface area contributed by atoms with Crippen LogP contribution < -0.4 is 15.0 Å². The Hall–Kier alpha value is -4.69. The Balaban J connectivity index is 0.000000443. The summed E-state index contributed by atoms with van der Waals surface area (Å²) in [6, 6.07) is 32.3. The Morgan fingerprint density at radius 1 is 0.816 bits per heavy atom. The lowest BCUT2D eigenvalue weighted by Crippen LogP contribution is -2.45. The van der Waals surface area contributed by atoms with Gasteiger partial charge in [-0.2, -0.15) is 0 Å². The summed E-state index contributed by atoms with van der Waals surface area (Å²) in [6.45, 7) is 5.29. The van der Waals surface area contributed by atoms with Crippen LogP contribution in [0.5, 0.6) is 0 Å². The van der Waals surface area contributed by atoms with Crippen LogP contribution in [0.4, 0.5) is 5.69 Å². The maximum atomic E-state index is 9.04. The first-order valence-corrected chi connectivity index (χ1v) is 12.5. The van der Waals surface area contributed by atoms with Gasteiger partial charge < -0.3 is 24.3 Å². The summed E-state index contributed by atoms with van der Waals surface area (Å²) in [6.07, 6.45) is 2.32. The second kappa shape index (κ2) is 11.1. The van der Waals surface area contributed by atoms with E-state index in [-0.39, 0.29) is 0 Å². The van der Waals surface area contributed by atoms with Crippen LogP contribution in [0.2, 0.25) is 0 Å². The summed E-state index contributed by atoms with van der Waals surface area (Å²) in [4.78, 5) is 26.8. The van der Waals surface area contributed by atoms with Gasteiger partial charge in [0.15, 0.2) is 5.97 Å². The summed E-state index contributed by atoms with van der Waals surface area (Å²) >= 11 is 0. The number of benzene rings is 3. The van der Waals surface area contributed by atoms with E-state index < -0.39 is 11.9 Å². The first-order chi connectivity index (χ1) is 18.5. The number of carboxylic acids is 2. The number of hydrogen-bond donors (Lipinski definition) is 1. The van der Waals surface area contributed by atoms with Crippen molar-refractivity contribution in [2.45, 2.75) is 6.54 Å². The molecule has 0 amide bonds. The highest BCUT2D eigenvalue weighted by Gasteiger charge is 2.20. The molecule has 8 heteroatoms.